The molecule has 0 amide bonds. The minimum atomic E-state index is -0.952. The molecular formula is C8H14NNaO2. The van der Waals surface area contributed by atoms with Crippen molar-refractivity contribution in [3.05, 3.63) is 0 Å². The van der Waals surface area contributed by atoms with Crippen LogP contribution >= 0.6 is 0 Å². The number of piperidine rings is 1. The van der Waals surface area contributed by atoms with Crippen molar-refractivity contribution in [2.75, 3.05) is 13.1 Å². The molecule has 0 N–H and O–H groups in total. The van der Waals surface area contributed by atoms with Crippen LogP contribution < -0.4 is 34.7 Å². The molecule has 0 bridgehead atoms. The summed E-state index contributed by atoms with van der Waals surface area (Å²) in [5.41, 5.74) is 0. The van der Waals surface area contributed by atoms with Crippen LogP contribution in [0.3, 0.4) is 0 Å². The minimum absolute atomic E-state index is 0. The molecule has 0 aromatic carbocycles. The first kappa shape index (κ1) is 12.4. The van der Waals surface area contributed by atoms with Crippen LogP contribution in [0.1, 0.15) is 26.2 Å². The second-order valence-electron chi connectivity index (χ2n) is 3.09. The zero-order chi connectivity index (χ0) is 8.27. The average molecular weight is 179 g/mol. The van der Waals surface area contributed by atoms with Crippen LogP contribution in [0.5, 0.6) is 0 Å². The maximum absolute atomic E-state index is 10.4. The summed E-state index contributed by atoms with van der Waals surface area (Å²) in [4.78, 5) is 12.4. The van der Waals surface area contributed by atoms with E-state index in [1.807, 2.05) is 4.90 Å². The number of carbonyl (C=O) groups excluding carboxylic acids is 1. The van der Waals surface area contributed by atoms with Gasteiger partial charge in [-0.05, 0) is 32.9 Å². The summed E-state index contributed by atoms with van der Waals surface area (Å²) < 4.78 is 0. The van der Waals surface area contributed by atoms with Crippen LogP contribution in [-0.2, 0) is 4.79 Å². The average Bonchev–Trinajstić information content (AvgIpc) is 2.05. The van der Waals surface area contributed by atoms with Gasteiger partial charge in [-0.1, -0.05) is 6.42 Å². The van der Waals surface area contributed by atoms with Crippen LogP contribution in [-0.4, -0.2) is 30.0 Å². The zero-order valence-electron chi connectivity index (χ0n) is 7.88. The summed E-state index contributed by atoms with van der Waals surface area (Å²) in [6.45, 7) is 3.52. The van der Waals surface area contributed by atoms with Gasteiger partial charge in [0.1, 0.15) is 0 Å². The third kappa shape index (κ3) is 3.44. The van der Waals surface area contributed by atoms with Gasteiger partial charge in [-0.3, -0.25) is 4.90 Å². The standard InChI is InChI=1S/C8H15NO2.Na/c1-7(8(10)11)9-5-3-2-4-6-9;/h7H,2-6H2,1H3,(H,10,11);/q;+1/p-1. The van der Waals surface area contributed by atoms with E-state index in [0.717, 1.165) is 25.9 Å². The fourth-order valence-electron chi connectivity index (χ4n) is 1.45. The van der Waals surface area contributed by atoms with Gasteiger partial charge in [-0.15, -0.1) is 0 Å². The van der Waals surface area contributed by atoms with Gasteiger partial charge in [-0.25, -0.2) is 0 Å². The van der Waals surface area contributed by atoms with Gasteiger partial charge in [-0.2, -0.15) is 0 Å². The fourth-order valence-corrected chi connectivity index (χ4v) is 1.45. The molecule has 1 aliphatic rings. The maximum Gasteiger partial charge on any atom is 1.00 e. The molecule has 0 aliphatic carbocycles. The molecule has 0 aromatic rings. The van der Waals surface area contributed by atoms with Gasteiger partial charge < -0.3 is 9.90 Å². The molecule has 1 saturated heterocycles. The molecule has 1 unspecified atom stereocenters. The normalized spacial score (nSPS) is 21.1. The minimum Gasteiger partial charge on any atom is -0.548 e. The molecular weight excluding hydrogens is 165 g/mol. The number of aliphatic carboxylic acids is 1. The van der Waals surface area contributed by atoms with E-state index in [1.54, 1.807) is 6.92 Å². The molecule has 64 valence electrons. The van der Waals surface area contributed by atoms with Gasteiger partial charge >= 0.3 is 29.6 Å². The molecule has 0 radical (unpaired) electrons. The van der Waals surface area contributed by atoms with Crippen molar-refractivity contribution in [3.63, 3.8) is 0 Å². The Kier molecular flexibility index (Phi) is 6.19. The van der Waals surface area contributed by atoms with Crippen molar-refractivity contribution in [1.29, 1.82) is 0 Å². The zero-order valence-corrected chi connectivity index (χ0v) is 9.88. The molecule has 1 atom stereocenters. The molecule has 4 heteroatoms. The number of carboxylic acids is 1. The smallest absolute Gasteiger partial charge is 0.548 e. The first-order valence-electron chi connectivity index (χ1n) is 4.16. The van der Waals surface area contributed by atoms with Crippen molar-refractivity contribution in [3.8, 4) is 0 Å². The Morgan fingerprint density at radius 1 is 1.33 bits per heavy atom. The molecule has 0 aromatic heterocycles. The van der Waals surface area contributed by atoms with Crippen molar-refractivity contribution in [2.24, 2.45) is 0 Å². The van der Waals surface area contributed by atoms with Gasteiger partial charge in [0.05, 0.1) is 5.97 Å². The maximum atomic E-state index is 10.4. The monoisotopic (exact) mass is 179 g/mol. The Morgan fingerprint density at radius 3 is 2.25 bits per heavy atom. The third-order valence-electron chi connectivity index (χ3n) is 2.28. The van der Waals surface area contributed by atoms with Crippen LogP contribution in [0.15, 0.2) is 0 Å². The van der Waals surface area contributed by atoms with Gasteiger partial charge in [0.25, 0.3) is 0 Å². The van der Waals surface area contributed by atoms with Crippen LogP contribution in [0.4, 0.5) is 0 Å². The van der Waals surface area contributed by atoms with Crippen molar-refractivity contribution in [1.82, 2.24) is 4.90 Å². The Morgan fingerprint density at radius 2 is 1.83 bits per heavy atom. The molecule has 0 saturated carbocycles. The Hall–Kier alpha value is 0.430. The van der Waals surface area contributed by atoms with Gasteiger partial charge in [0.15, 0.2) is 0 Å². The fraction of sp³-hybridized carbons (Fsp3) is 0.875. The SMILES string of the molecule is CC(C(=O)[O-])N1CCCCC1.[Na+]. The summed E-state index contributed by atoms with van der Waals surface area (Å²) >= 11 is 0. The largest absolute Gasteiger partial charge is 1.00 e. The van der Waals surface area contributed by atoms with E-state index in [0.29, 0.717) is 0 Å². The number of likely N-dealkylation sites (tertiary alicyclic amines) is 1. The Balaban J connectivity index is 0.00000121. The topological polar surface area (TPSA) is 43.4 Å². The number of rotatable bonds is 2. The van der Waals surface area contributed by atoms with Crippen molar-refractivity contribution >= 4 is 5.97 Å². The molecule has 1 rings (SSSR count). The van der Waals surface area contributed by atoms with Crippen LogP contribution in [0.2, 0.25) is 0 Å². The summed E-state index contributed by atoms with van der Waals surface area (Å²) in [6, 6.07) is -0.407. The predicted octanol–water partition coefficient (Wildman–Crippen LogP) is -3.39. The van der Waals surface area contributed by atoms with E-state index >= 15 is 0 Å². The second-order valence-corrected chi connectivity index (χ2v) is 3.09. The molecule has 3 nitrogen and oxygen atoms in total. The van der Waals surface area contributed by atoms with Crippen molar-refractivity contribution in [2.45, 2.75) is 32.2 Å². The summed E-state index contributed by atoms with van der Waals surface area (Å²) in [5.74, 6) is -0.952. The van der Waals surface area contributed by atoms with Crippen LogP contribution in [0.25, 0.3) is 0 Å². The Labute approximate surface area is 95.4 Å². The quantitative estimate of drug-likeness (QED) is 0.415. The molecule has 12 heavy (non-hydrogen) atoms. The molecule has 1 aliphatic heterocycles. The van der Waals surface area contributed by atoms with Gasteiger partial charge in [0.2, 0.25) is 0 Å². The van der Waals surface area contributed by atoms with E-state index < -0.39 is 12.0 Å². The summed E-state index contributed by atoms with van der Waals surface area (Å²) in [5, 5.41) is 10.4. The van der Waals surface area contributed by atoms with E-state index in [1.165, 1.54) is 6.42 Å². The number of carboxylic acid groups (broad SMARTS) is 1. The first-order chi connectivity index (χ1) is 5.22. The molecule has 0 spiro atoms. The van der Waals surface area contributed by atoms with E-state index in [4.69, 9.17) is 0 Å². The number of hydrogen-bond acceptors (Lipinski definition) is 3. The first-order valence-corrected chi connectivity index (χ1v) is 4.16. The third-order valence-corrected chi connectivity index (χ3v) is 2.28. The number of hydrogen-bond donors (Lipinski definition) is 0. The summed E-state index contributed by atoms with van der Waals surface area (Å²) in [6.07, 6.45) is 3.48. The van der Waals surface area contributed by atoms with Crippen LogP contribution in [0, 0.1) is 0 Å². The van der Waals surface area contributed by atoms with Crippen molar-refractivity contribution < 1.29 is 39.5 Å². The molecule has 1 fully saturated rings. The number of nitrogens with zero attached hydrogens (tertiary/aromatic N) is 1. The summed E-state index contributed by atoms with van der Waals surface area (Å²) in [7, 11) is 0. The van der Waals surface area contributed by atoms with E-state index in [-0.39, 0.29) is 29.6 Å². The Bertz CT molecular complexity index is 146. The second kappa shape index (κ2) is 5.97. The number of carbonyl (C=O) groups is 1. The molecule has 1 heterocycles. The van der Waals surface area contributed by atoms with Gasteiger partial charge in [0, 0.05) is 6.04 Å². The van der Waals surface area contributed by atoms with E-state index in [2.05, 4.69) is 0 Å². The predicted molar refractivity (Wildman–Crippen MR) is 39.9 cm³/mol. The van der Waals surface area contributed by atoms with E-state index in [9.17, 15) is 9.90 Å².